The number of hydrogen-bond acceptors (Lipinski definition) is 18. The molecule has 53 heavy (non-hydrogen) atoms. The van der Waals surface area contributed by atoms with Gasteiger partial charge in [0.15, 0.2) is 29.1 Å². The minimum Gasteiger partial charge on any atom is -0.463 e. The number of ether oxygens (including phenoxy) is 9. The number of rotatable bonds is 11. The van der Waals surface area contributed by atoms with Gasteiger partial charge in [-0.2, -0.15) is 0 Å². The molecule has 2 aromatic carbocycles. The standard InChI is InChI=1S/C35H34O18/c1-15(36)44-14-30-32(48-19(5)40)33(49-20(6)41)34(50-21(7)42)35(53-30)51-23-11-28(47-18(4)39)31-24(43)13-26(52-29(31)12-23)22-8-9-25(45-16(2)37)27(10-22)46-17(3)38/h8-13,30,32-35H,14H2,1-7H3/t30-,32+,33+,34+,35+/m0/s1. The molecule has 5 atom stereocenters. The van der Waals surface area contributed by atoms with Gasteiger partial charge in [-0.15, -0.1) is 0 Å². The van der Waals surface area contributed by atoms with Gasteiger partial charge >= 0.3 is 41.8 Å². The highest BCUT2D eigenvalue weighted by atomic mass is 16.7. The normalized spacial score (nSPS) is 19.3. The fraction of sp³-hybridized carbons (Fsp3) is 0.371. The highest BCUT2D eigenvalue weighted by molar-refractivity contribution is 5.89. The molecular formula is C35H34O18. The molecule has 0 N–H and O–H groups in total. The number of carbonyl (C=O) groups is 7. The van der Waals surface area contributed by atoms with Crippen molar-refractivity contribution in [2.75, 3.05) is 6.61 Å². The summed E-state index contributed by atoms with van der Waals surface area (Å²) in [5.74, 6) is -6.42. The molecule has 0 amide bonds. The van der Waals surface area contributed by atoms with Crippen molar-refractivity contribution in [1.82, 2.24) is 0 Å². The summed E-state index contributed by atoms with van der Waals surface area (Å²) in [5, 5.41) is -0.199. The number of hydrogen-bond donors (Lipinski definition) is 0. The van der Waals surface area contributed by atoms with Crippen LogP contribution in [0.25, 0.3) is 22.3 Å². The first-order valence-electron chi connectivity index (χ1n) is 15.7. The van der Waals surface area contributed by atoms with E-state index in [1.165, 1.54) is 24.3 Å². The molecule has 0 aliphatic carbocycles. The average molecular weight is 743 g/mol. The van der Waals surface area contributed by atoms with Gasteiger partial charge in [0.2, 0.25) is 12.4 Å². The summed E-state index contributed by atoms with van der Waals surface area (Å²) in [6.45, 7) is 7.10. The van der Waals surface area contributed by atoms with Crippen LogP contribution in [0, 0.1) is 0 Å². The van der Waals surface area contributed by atoms with Crippen molar-refractivity contribution in [3.63, 3.8) is 0 Å². The smallest absolute Gasteiger partial charge is 0.308 e. The molecule has 18 heteroatoms. The van der Waals surface area contributed by atoms with Gasteiger partial charge in [-0.1, -0.05) is 0 Å². The molecule has 3 aromatic rings. The van der Waals surface area contributed by atoms with Crippen molar-refractivity contribution in [3.8, 4) is 34.3 Å². The topological polar surface area (TPSA) is 233 Å². The summed E-state index contributed by atoms with van der Waals surface area (Å²) in [6, 6.07) is 7.44. The Morgan fingerprint density at radius 1 is 0.604 bits per heavy atom. The van der Waals surface area contributed by atoms with E-state index in [-0.39, 0.29) is 45.3 Å². The van der Waals surface area contributed by atoms with E-state index in [9.17, 15) is 38.4 Å². The molecule has 1 aromatic heterocycles. The molecule has 0 unspecified atom stereocenters. The molecule has 0 saturated carbocycles. The van der Waals surface area contributed by atoms with Crippen molar-refractivity contribution in [2.24, 2.45) is 0 Å². The van der Waals surface area contributed by atoms with Crippen LogP contribution < -0.4 is 24.4 Å². The van der Waals surface area contributed by atoms with Crippen LogP contribution in [0.2, 0.25) is 0 Å². The van der Waals surface area contributed by atoms with E-state index >= 15 is 0 Å². The van der Waals surface area contributed by atoms with Crippen LogP contribution in [-0.4, -0.2) is 79.1 Å². The van der Waals surface area contributed by atoms with E-state index in [4.69, 9.17) is 47.0 Å². The minimum atomic E-state index is -1.69. The molecule has 4 rings (SSSR count). The van der Waals surface area contributed by atoms with Crippen LogP contribution in [0.4, 0.5) is 0 Å². The van der Waals surface area contributed by atoms with E-state index in [0.717, 1.165) is 60.6 Å². The van der Waals surface area contributed by atoms with Crippen molar-refractivity contribution >= 4 is 52.8 Å². The maximum atomic E-state index is 13.5. The highest BCUT2D eigenvalue weighted by Crippen LogP contribution is 2.38. The number of esters is 7. The zero-order valence-electron chi connectivity index (χ0n) is 29.4. The Balaban J connectivity index is 1.87. The van der Waals surface area contributed by atoms with Crippen molar-refractivity contribution in [2.45, 2.75) is 79.2 Å². The van der Waals surface area contributed by atoms with Crippen LogP contribution >= 0.6 is 0 Å². The SMILES string of the molecule is CC(=O)OC[C@@H]1O[C@@H](Oc2cc(OC(C)=O)c3c(=O)cc(-c4ccc(OC(C)=O)c(OC(C)=O)c4)oc3c2)[C@H](OC(C)=O)[C@H](OC(C)=O)[C@@H]1OC(C)=O. The van der Waals surface area contributed by atoms with E-state index in [1.807, 2.05) is 0 Å². The summed E-state index contributed by atoms with van der Waals surface area (Å²) in [4.78, 5) is 97.2. The summed E-state index contributed by atoms with van der Waals surface area (Å²) in [6.07, 6.45) is -7.66. The third-order valence-electron chi connectivity index (χ3n) is 6.96. The lowest BCUT2D eigenvalue weighted by molar-refractivity contribution is -0.288. The third kappa shape index (κ3) is 10.4. The van der Waals surface area contributed by atoms with Gasteiger partial charge in [0.1, 0.15) is 40.9 Å². The summed E-state index contributed by atoms with van der Waals surface area (Å²) in [7, 11) is 0. The Hall–Kier alpha value is -6.30. The second-order valence-corrected chi connectivity index (χ2v) is 11.4. The molecule has 18 nitrogen and oxygen atoms in total. The van der Waals surface area contributed by atoms with E-state index in [0.29, 0.717) is 0 Å². The van der Waals surface area contributed by atoms with Gasteiger partial charge < -0.3 is 47.0 Å². The molecule has 1 aliphatic heterocycles. The lowest BCUT2D eigenvalue weighted by atomic mass is 9.98. The maximum absolute atomic E-state index is 13.5. The molecule has 0 spiro atoms. The Morgan fingerprint density at radius 3 is 1.75 bits per heavy atom. The Bertz CT molecular complexity index is 2010. The summed E-state index contributed by atoms with van der Waals surface area (Å²) in [5.41, 5.74) is -0.699. The van der Waals surface area contributed by atoms with Gasteiger partial charge in [0.25, 0.3) is 0 Å². The predicted octanol–water partition coefficient (Wildman–Crippen LogP) is 2.70. The van der Waals surface area contributed by atoms with Crippen LogP contribution in [0.15, 0.2) is 45.6 Å². The predicted molar refractivity (Wildman–Crippen MR) is 174 cm³/mol. The van der Waals surface area contributed by atoms with Gasteiger partial charge in [-0.05, 0) is 18.2 Å². The highest BCUT2D eigenvalue weighted by Gasteiger charge is 2.53. The second-order valence-electron chi connectivity index (χ2n) is 11.4. The lowest BCUT2D eigenvalue weighted by Gasteiger charge is -2.43. The summed E-state index contributed by atoms with van der Waals surface area (Å²) < 4.78 is 55.0. The molecule has 2 heterocycles. The first-order valence-corrected chi connectivity index (χ1v) is 15.7. The number of fused-ring (bicyclic) bond motifs is 1. The van der Waals surface area contributed by atoms with Crippen LogP contribution in [-0.2, 0) is 57.2 Å². The zero-order chi connectivity index (χ0) is 39.1. The van der Waals surface area contributed by atoms with Crippen LogP contribution in [0.1, 0.15) is 48.5 Å². The van der Waals surface area contributed by atoms with Gasteiger partial charge in [0.05, 0.1) is 0 Å². The van der Waals surface area contributed by atoms with E-state index in [2.05, 4.69) is 0 Å². The molecule has 282 valence electrons. The minimum absolute atomic E-state index is 0.0801. The largest absolute Gasteiger partial charge is 0.463 e. The Labute approximate surface area is 300 Å². The van der Waals surface area contributed by atoms with Crippen LogP contribution in [0.3, 0.4) is 0 Å². The number of carbonyl (C=O) groups excluding carboxylic acids is 7. The molecule has 1 aliphatic rings. The zero-order valence-corrected chi connectivity index (χ0v) is 29.4. The quantitative estimate of drug-likeness (QED) is 0.156. The lowest BCUT2D eigenvalue weighted by Crippen LogP contribution is -2.63. The molecular weight excluding hydrogens is 708 g/mol. The fourth-order valence-electron chi connectivity index (χ4n) is 5.23. The monoisotopic (exact) mass is 742 g/mol. The average Bonchev–Trinajstić information content (AvgIpc) is 3.02. The Morgan fingerprint density at radius 2 is 1.17 bits per heavy atom. The molecule has 1 saturated heterocycles. The van der Waals surface area contributed by atoms with Crippen molar-refractivity contribution < 1.29 is 80.6 Å². The van der Waals surface area contributed by atoms with Gasteiger partial charge in [-0.25, -0.2) is 0 Å². The number of benzene rings is 2. The first-order chi connectivity index (χ1) is 24.9. The maximum Gasteiger partial charge on any atom is 0.308 e. The molecule has 0 bridgehead atoms. The fourth-order valence-corrected chi connectivity index (χ4v) is 5.23. The van der Waals surface area contributed by atoms with Crippen molar-refractivity contribution in [1.29, 1.82) is 0 Å². The Kier molecular flexibility index (Phi) is 12.5. The van der Waals surface area contributed by atoms with Crippen LogP contribution in [0.5, 0.6) is 23.0 Å². The summed E-state index contributed by atoms with van der Waals surface area (Å²) >= 11 is 0. The third-order valence-corrected chi connectivity index (χ3v) is 6.96. The van der Waals surface area contributed by atoms with E-state index < -0.39 is 84.5 Å². The van der Waals surface area contributed by atoms with Gasteiger partial charge in [-0.3, -0.25) is 38.4 Å². The second kappa shape index (κ2) is 16.8. The van der Waals surface area contributed by atoms with Crippen molar-refractivity contribution in [3.05, 3.63) is 46.6 Å². The molecule has 1 fully saturated rings. The first kappa shape index (κ1) is 39.5. The molecule has 0 radical (unpaired) electrons. The van der Waals surface area contributed by atoms with E-state index in [1.54, 1.807) is 0 Å². The van der Waals surface area contributed by atoms with Gasteiger partial charge in [0, 0.05) is 72.2 Å².